The average Bonchev–Trinajstić information content (AvgIpc) is 2.10. The highest BCUT2D eigenvalue weighted by molar-refractivity contribution is 6.02. The molecule has 0 bridgehead atoms. The molecule has 0 aromatic rings. The molecule has 5 heteroatoms. The molecule has 1 fully saturated rings. The van der Waals surface area contributed by atoms with E-state index in [4.69, 9.17) is 5.84 Å². The maximum absolute atomic E-state index is 11.8. The highest BCUT2D eigenvalue weighted by Crippen LogP contribution is 2.16. The Morgan fingerprint density at radius 3 is 2.57 bits per heavy atom. The van der Waals surface area contributed by atoms with Gasteiger partial charge in [0.05, 0.1) is 5.92 Å². The molecule has 0 aromatic carbocycles. The van der Waals surface area contributed by atoms with E-state index in [1.807, 2.05) is 6.92 Å². The van der Waals surface area contributed by atoms with Crippen LogP contribution in [0.25, 0.3) is 0 Å². The van der Waals surface area contributed by atoms with E-state index in [-0.39, 0.29) is 17.6 Å². The van der Waals surface area contributed by atoms with Gasteiger partial charge in [-0.1, -0.05) is 13.3 Å². The second-order valence-corrected chi connectivity index (χ2v) is 3.61. The fraction of sp³-hybridized carbons (Fsp3) is 0.778. The van der Waals surface area contributed by atoms with Crippen LogP contribution in [0.15, 0.2) is 0 Å². The molecule has 1 aliphatic rings. The smallest absolute Gasteiger partial charge is 0.244 e. The summed E-state index contributed by atoms with van der Waals surface area (Å²) in [5.74, 6) is 4.14. The van der Waals surface area contributed by atoms with Crippen LogP contribution in [0, 0.1) is 11.8 Å². The molecular weight excluding hydrogens is 182 g/mol. The predicted molar refractivity (Wildman–Crippen MR) is 52.1 cm³/mol. The largest absolute Gasteiger partial charge is 0.315 e. The highest BCUT2D eigenvalue weighted by atomic mass is 16.2. The van der Waals surface area contributed by atoms with Crippen LogP contribution in [0.1, 0.15) is 19.8 Å². The minimum absolute atomic E-state index is 0.00356. The van der Waals surface area contributed by atoms with Crippen molar-refractivity contribution in [2.75, 3.05) is 13.1 Å². The topological polar surface area (TPSA) is 84.2 Å². The van der Waals surface area contributed by atoms with Gasteiger partial charge in [0, 0.05) is 19.0 Å². The number of amides is 1. The Morgan fingerprint density at radius 2 is 2.21 bits per heavy atom. The number of hydrazine groups is 1. The predicted octanol–water partition coefficient (Wildman–Crippen LogP) is -0.819. The summed E-state index contributed by atoms with van der Waals surface area (Å²) < 4.78 is 0. The van der Waals surface area contributed by atoms with Crippen molar-refractivity contribution >= 4 is 11.7 Å². The van der Waals surface area contributed by atoms with Crippen molar-refractivity contribution in [2.24, 2.45) is 17.7 Å². The molecule has 4 N–H and O–H groups in total. The van der Waals surface area contributed by atoms with Crippen molar-refractivity contribution < 1.29 is 9.59 Å². The molecule has 0 spiro atoms. The first-order valence-electron chi connectivity index (χ1n) is 4.95. The van der Waals surface area contributed by atoms with Crippen LogP contribution in [0.4, 0.5) is 0 Å². The molecule has 1 rings (SSSR count). The fourth-order valence-electron chi connectivity index (χ4n) is 1.57. The highest BCUT2D eigenvalue weighted by Gasteiger charge is 2.34. The summed E-state index contributed by atoms with van der Waals surface area (Å²) in [7, 11) is 0. The zero-order chi connectivity index (χ0) is 10.6. The lowest BCUT2D eigenvalue weighted by atomic mass is 9.86. The maximum atomic E-state index is 11.8. The Hall–Kier alpha value is -0.940. The molecule has 1 saturated heterocycles. The van der Waals surface area contributed by atoms with Crippen molar-refractivity contribution in [3.05, 3.63) is 0 Å². The van der Waals surface area contributed by atoms with Crippen molar-refractivity contribution in [1.29, 1.82) is 0 Å². The molecule has 0 aliphatic carbocycles. The van der Waals surface area contributed by atoms with Crippen LogP contribution in [0.5, 0.6) is 0 Å². The zero-order valence-corrected chi connectivity index (χ0v) is 8.38. The van der Waals surface area contributed by atoms with E-state index in [1.165, 1.54) is 0 Å². The molecule has 5 nitrogen and oxygen atoms in total. The number of hydrogen-bond acceptors (Lipinski definition) is 4. The lowest BCUT2D eigenvalue weighted by Gasteiger charge is -2.28. The number of nitrogens with one attached hydrogen (secondary N) is 2. The molecule has 1 heterocycles. The summed E-state index contributed by atoms with van der Waals surface area (Å²) in [5, 5.41) is 3.01. The standard InChI is InChI=1S/C9H17N3O2/c1-2-3-7(9(14)12-10)8(13)6-4-11-5-6/h6-7,11H,2-5,10H2,1H3,(H,12,14). The summed E-state index contributed by atoms with van der Waals surface area (Å²) in [6.07, 6.45) is 1.39. The van der Waals surface area contributed by atoms with Gasteiger partial charge in [0.15, 0.2) is 5.78 Å². The number of carbonyl (C=O) groups is 2. The van der Waals surface area contributed by atoms with Crippen LogP contribution in [0.2, 0.25) is 0 Å². The van der Waals surface area contributed by atoms with E-state index in [0.29, 0.717) is 19.5 Å². The summed E-state index contributed by atoms with van der Waals surface area (Å²) in [5.41, 5.74) is 2.05. The van der Waals surface area contributed by atoms with Crippen LogP contribution in [-0.4, -0.2) is 24.8 Å². The Kier molecular flexibility index (Phi) is 4.03. The summed E-state index contributed by atoms with van der Waals surface area (Å²) in [4.78, 5) is 23.1. The third-order valence-electron chi connectivity index (χ3n) is 2.56. The molecule has 1 amide bonds. The van der Waals surface area contributed by atoms with Gasteiger partial charge in [-0.3, -0.25) is 15.0 Å². The third-order valence-corrected chi connectivity index (χ3v) is 2.56. The fourth-order valence-corrected chi connectivity index (χ4v) is 1.57. The van der Waals surface area contributed by atoms with Crippen molar-refractivity contribution in [2.45, 2.75) is 19.8 Å². The summed E-state index contributed by atoms with van der Waals surface area (Å²) in [6, 6.07) is 0. The van der Waals surface area contributed by atoms with Crippen LogP contribution < -0.4 is 16.6 Å². The van der Waals surface area contributed by atoms with Crippen molar-refractivity contribution in [1.82, 2.24) is 10.7 Å². The number of ketones is 1. The van der Waals surface area contributed by atoms with Gasteiger partial charge in [0.25, 0.3) is 0 Å². The third kappa shape index (κ3) is 2.30. The van der Waals surface area contributed by atoms with Gasteiger partial charge in [-0.2, -0.15) is 0 Å². The molecule has 14 heavy (non-hydrogen) atoms. The number of rotatable bonds is 5. The van der Waals surface area contributed by atoms with Gasteiger partial charge in [-0.25, -0.2) is 5.84 Å². The van der Waals surface area contributed by atoms with Gasteiger partial charge in [-0.05, 0) is 6.42 Å². The molecule has 1 unspecified atom stereocenters. The van der Waals surface area contributed by atoms with Crippen molar-refractivity contribution in [3.8, 4) is 0 Å². The van der Waals surface area contributed by atoms with Gasteiger partial charge < -0.3 is 5.32 Å². The normalized spacial score (nSPS) is 18.4. The quantitative estimate of drug-likeness (QED) is 0.234. The maximum Gasteiger partial charge on any atom is 0.244 e. The SMILES string of the molecule is CCCC(C(=O)NN)C(=O)C1CNC1. The molecule has 1 aliphatic heterocycles. The summed E-state index contributed by atoms with van der Waals surface area (Å²) in [6.45, 7) is 3.33. The molecule has 0 aromatic heterocycles. The number of Topliss-reactive ketones (excluding diaryl/α,β-unsaturated/α-hetero) is 1. The average molecular weight is 199 g/mol. The first-order valence-corrected chi connectivity index (χ1v) is 4.95. The molecule has 0 saturated carbocycles. The number of hydrogen-bond donors (Lipinski definition) is 3. The minimum Gasteiger partial charge on any atom is -0.315 e. The monoisotopic (exact) mass is 199 g/mol. The molecule has 80 valence electrons. The Bertz CT molecular complexity index is 226. The van der Waals surface area contributed by atoms with Gasteiger partial charge in [0.2, 0.25) is 5.91 Å². The van der Waals surface area contributed by atoms with Crippen LogP contribution in [0.3, 0.4) is 0 Å². The van der Waals surface area contributed by atoms with E-state index < -0.39 is 5.92 Å². The number of nitrogens with two attached hydrogens (primary N) is 1. The van der Waals surface area contributed by atoms with Gasteiger partial charge >= 0.3 is 0 Å². The summed E-state index contributed by atoms with van der Waals surface area (Å²) >= 11 is 0. The van der Waals surface area contributed by atoms with Crippen LogP contribution >= 0.6 is 0 Å². The van der Waals surface area contributed by atoms with E-state index in [2.05, 4.69) is 10.7 Å². The van der Waals surface area contributed by atoms with Crippen LogP contribution in [-0.2, 0) is 9.59 Å². The molecular formula is C9H17N3O2. The zero-order valence-electron chi connectivity index (χ0n) is 8.38. The van der Waals surface area contributed by atoms with E-state index in [0.717, 1.165) is 6.42 Å². The van der Waals surface area contributed by atoms with E-state index in [9.17, 15) is 9.59 Å². The molecule has 0 radical (unpaired) electrons. The number of carbonyl (C=O) groups excluding carboxylic acids is 2. The Labute approximate surface area is 83.4 Å². The van der Waals surface area contributed by atoms with Gasteiger partial charge in [-0.15, -0.1) is 0 Å². The van der Waals surface area contributed by atoms with Crippen molar-refractivity contribution in [3.63, 3.8) is 0 Å². The first kappa shape index (κ1) is 11.1. The minimum atomic E-state index is -0.558. The lowest BCUT2D eigenvalue weighted by molar-refractivity contribution is -0.137. The van der Waals surface area contributed by atoms with E-state index >= 15 is 0 Å². The van der Waals surface area contributed by atoms with Gasteiger partial charge in [0.1, 0.15) is 0 Å². The second-order valence-electron chi connectivity index (χ2n) is 3.61. The first-order chi connectivity index (χ1) is 6.70. The lowest BCUT2D eigenvalue weighted by Crippen LogP contribution is -2.51. The second kappa shape index (κ2) is 5.07. The van der Waals surface area contributed by atoms with E-state index in [1.54, 1.807) is 0 Å². The Morgan fingerprint density at radius 1 is 1.57 bits per heavy atom. The molecule has 1 atom stereocenters. The Balaban J connectivity index is 2.55.